The van der Waals surface area contributed by atoms with Crippen LogP contribution in [0.3, 0.4) is 0 Å². The normalized spacial score (nSPS) is 12.2. The Labute approximate surface area is 93.3 Å². The predicted molar refractivity (Wildman–Crippen MR) is 58.0 cm³/mol. The van der Waals surface area contributed by atoms with Gasteiger partial charge in [-0.15, -0.1) is 0 Å². The zero-order valence-corrected chi connectivity index (χ0v) is 8.82. The number of nitrogens with two attached hydrogens (primary N) is 1. The van der Waals surface area contributed by atoms with Crippen LogP contribution in [0.1, 0.15) is 18.0 Å². The molecule has 0 aromatic heterocycles. The van der Waals surface area contributed by atoms with Crippen molar-refractivity contribution in [1.29, 1.82) is 0 Å². The molecule has 0 bridgehead atoms. The van der Waals surface area contributed by atoms with Crippen LogP contribution < -0.4 is 11.1 Å². The summed E-state index contributed by atoms with van der Waals surface area (Å²) in [5, 5.41) is 11.0. The van der Waals surface area contributed by atoms with Crippen molar-refractivity contribution in [2.75, 3.05) is 13.2 Å². The van der Waals surface area contributed by atoms with E-state index in [2.05, 4.69) is 5.32 Å². The molecule has 1 aromatic carbocycles. The Kier molecular flexibility index (Phi) is 4.88. The molecule has 0 heterocycles. The third kappa shape index (κ3) is 3.96. The zero-order valence-electron chi connectivity index (χ0n) is 8.82. The first-order valence-electron chi connectivity index (χ1n) is 5.02. The van der Waals surface area contributed by atoms with Crippen molar-refractivity contribution in [2.24, 2.45) is 5.73 Å². The quantitative estimate of drug-likeness (QED) is 0.677. The van der Waals surface area contributed by atoms with Gasteiger partial charge in [0.2, 0.25) is 5.91 Å². The third-order valence-electron chi connectivity index (χ3n) is 2.14. The van der Waals surface area contributed by atoms with Crippen LogP contribution in [-0.4, -0.2) is 24.2 Å². The molecule has 0 saturated heterocycles. The second-order valence-electron chi connectivity index (χ2n) is 3.44. The molecule has 4 nitrogen and oxygen atoms in total. The van der Waals surface area contributed by atoms with E-state index in [1.54, 1.807) is 12.1 Å². The molecular formula is C11H15FN2O2. The van der Waals surface area contributed by atoms with Crippen LogP contribution in [0.2, 0.25) is 0 Å². The third-order valence-corrected chi connectivity index (χ3v) is 2.14. The standard InChI is InChI=1S/C11H15FN2O2/c12-9-3-1-8(2-4-9)10(13)7-11(16)14-5-6-15/h1-4,10,15H,5-7,13H2,(H,14,16). The summed E-state index contributed by atoms with van der Waals surface area (Å²) in [4.78, 5) is 11.3. The minimum absolute atomic E-state index is 0.0997. The Hall–Kier alpha value is -1.46. The van der Waals surface area contributed by atoms with Gasteiger partial charge in [-0.3, -0.25) is 4.79 Å². The lowest BCUT2D eigenvalue weighted by molar-refractivity contribution is -0.121. The molecule has 0 spiro atoms. The van der Waals surface area contributed by atoms with Gasteiger partial charge in [-0.05, 0) is 17.7 Å². The molecule has 1 unspecified atom stereocenters. The number of hydrogen-bond acceptors (Lipinski definition) is 3. The second kappa shape index (κ2) is 6.19. The summed E-state index contributed by atoms with van der Waals surface area (Å²) in [7, 11) is 0. The van der Waals surface area contributed by atoms with E-state index in [9.17, 15) is 9.18 Å². The topological polar surface area (TPSA) is 75.4 Å². The van der Waals surface area contributed by atoms with Gasteiger partial charge in [0.25, 0.3) is 0 Å². The number of amides is 1. The number of halogens is 1. The number of aliphatic hydroxyl groups excluding tert-OH is 1. The summed E-state index contributed by atoms with van der Waals surface area (Å²) in [5.74, 6) is -0.563. The Morgan fingerprint density at radius 3 is 2.62 bits per heavy atom. The summed E-state index contributed by atoms with van der Waals surface area (Å²) in [6, 6.07) is 5.26. The molecule has 88 valence electrons. The highest BCUT2D eigenvalue weighted by molar-refractivity contribution is 5.76. The van der Waals surface area contributed by atoms with E-state index in [0.717, 1.165) is 0 Å². The predicted octanol–water partition coefficient (Wildman–Crippen LogP) is 0.324. The Bertz CT molecular complexity index is 340. The van der Waals surface area contributed by atoms with Gasteiger partial charge in [0.1, 0.15) is 5.82 Å². The van der Waals surface area contributed by atoms with Crippen LogP contribution >= 0.6 is 0 Å². The van der Waals surface area contributed by atoms with Crippen LogP contribution in [-0.2, 0) is 4.79 Å². The summed E-state index contributed by atoms with van der Waals surface area (Å²) in [5.41, 5.74) is 6.48. The van der Waals surface area contributed by atoms with E-state index < -0.39 is 6.04 Å². The maximum Gasteiger partial charge on any atom is 0.221 e. The van der Waals surface area contributed by atoms with Crippen LogP contribution in [0.15, 0.2) is 24.3 Å². The molecular weight excluding hydrogens is 211 g/mol. The first-order valence-corrected chi connectivity index (χ1v) is 5.02. The zero-order chi connectivity index (χ0) is 12.0. The van der Waals surface area contributed by atoms with Crippen LogP contribution in [0.25, 0.3) is 0 Å². The molecule has 5 heteroatoms. The monoisotopic (exact) mass is 226 g/mol. The van der Waals surface area contributed by atoms with Crippen molar-refractivity contribution >= 4 is 5.91 Å². The highest BCUT2D eigenvalue weighted by atomic mass is 19.1. The van der Waals surface area contributed by atoms with Crippen LogP contribution in [0.5, 0.6) is 0 Å². The van der Waals surface area contributed by atoms with E-state index in [4.69, 9.17) is 10.8 Å². The summed E-state index contributed by atoms with van der Waals surface area (Å²) >= 11 is 0. The SMILES string of the molecule is NC(CC(=O)NCCO)c1ccc(F)cc1. The second-order valence-corrected chi connectivity index (χ2v) is 3.44. The van der Waals surface area contributed by atoms with Crippen LogP contribution in [0.4, 0.5) is 4.39 Å². The first kappa shape index (κ1) is 12.6. The van der Waals surface area contributed by atoms with E-state index in [1.165, 1.54) is 12.1 Å². The van der Waals surface area contributed by atoms with Gasteiger partial charge in [-0.25, -0.2) is 4.39 Å². The van der Waals surface area contributed by atoms with Gasteiger partial charge >= 0.3 is 0 Å². The van der Waals surface area contributed by atoms with Gasteiger partial charge in [0.15, 0.2) is 0 Å². The van der Waals surface area contributed by atoms with Crippen molar-refractivity contribution in [3.05, 3.63) is 35.6 Å². The molecule has 0 aliphatic heterocycles. The highest BCUT2D eigenvalue weighted by Crippen LogP contribution is 2.14. The summed E-state index contributed by atoms with van der Waals surface area (Å²) in [6.07, 6.45) is 0.117. The van der Waals surface area contributed by atoms with Gasteiger partial charge < -0.3 is 16.2 Å². The lowest BCUT2D eigenvalue weighted by Crippen LogP contribution is -2.29. The van der Waals surface area contributed by atoms with E-state index in [0.29, 0.717) is 5.56 Å². The molecule has 4 N–H and O–H groups in total. The number of carbonyl (C=O) groups is 1. The minimum atomic E-state index is -0.459. The Morgan fingerprint density at radius 2 is 2.06 bits per heavy atom. The number of benzene rings is 1. The van der Waals surface area contributed by atoms with Crippen molar-refractivity contribution in [2.45, 2.75) is 12.5 Å². The first-order chi connectivity index (χ1) is 7.63. The van der Waals surface area contributed by atoms with Crippen LogP contribution in [0, 0.1) is 5.82 Å². The maximum atomic E-state index is 12.6. The molecule has 1 amide bonds. The highest BCUT2D eigenvalue weighted by Gasteiger charge is 2.10. The van der Waals surface area contributed by atoms with E-state index in [-0.39, 0.29) is 31.3 Å². The smallest absolute Gasteiger partial charge is 0.221 e. The fraction of sp³-hybridized carbons (Fsp3) is 0.364. The average molecular weight is 226 g/mol. The fourth-order valence-electron chi connectivity index (χ4n) is 1.30. The number of nitrogens with one attached hydrogen (secondary N) is 1. The van der Waals surface area contributed by atoms with Crippen molar-refractivity contribution < 1.29 is 14.3 Å². The molecule has 1 aromatic rings. The van der Waals surface area contributed by atoms with Crippen molar-refractivity contribution in [1.82, 2.24) is 5.32 Å². The lowest BCUT2D eigenvalue weighted by atomic mass is 10.0. The van der Waals surface area contributed by atoms with Gasteiger partial charge in [0, 0.05) is 19.0 Å². The van der Waals surface area contributed by atoms with E-state index >= 15 is 0 Å². The molecule has 0 fully saturated rings. The molecule has 0 aliphatic rings. The maximum absolute atomic E-state index is 12.6. The fourth-order valence-corrected chi connectivity index (χ4v) is 1.30. The average Bonchev–Trinajstić information content (AvgIpc) is 2.27. The number of hydrogen-bond donors (Lipinski definition) is 3. The molecule has 0 aliphatic carbocycles. The molecule has 0 radical (unpaired) electrons. The molecule has 16 heavy (non-hydrogen) atoms. The largest absolute Gasteiger partial charge is 0.395 e. The Morgan fingerprint density at radius 1 is 1.44 bits per heavy atom. The number of carbonyl (C=O) groups excluding carboxylic acids is 1. The number of aliphatic hydroxyl groups is 1. The van der Waals surface area contributed by atoms with Gasteiger partial charge in [-0.2, -0.15) is 0 Å². The van der Waals surface area contributed by atoms with Gasteiger partial charge in [0.05, 0.1) is 6.61 Å². The van der Waals surface area contributed by atoms with Gasteiger partial charge in [-0.1, -0.05) is 12.1 Å². The van der Waals surface area contributed by atoms with Crippen molar-refractivity contribution in [3.63, 3.8) is 0 Å². The summed E-state index contributed by atoms with van der Waals surface area (Å²) < 4.78 is 12.6. The molecule has 1 atom stereocenters. The molecule has 0 saturated carbocycles. The number of rotatable bonds is 5. The summed E-state index contributed by atoms with van der Waals surface area (Å²) in [6.45, 7) is 0.118. The van der Waals surface area contributed by atoms with E-state index in [1.807, 2.05) is 0 Å². The lowest BCUT2D eigenvalue weighted by Gasteiger charge is -2.11. The minimum Gasteiger partial charge on any atom is -0.395 e. The molecule has 1 rings (SSSR count). The Balaban J connectivity index is 2.48. The van der Waals surface area contributed by atoms with Crippen molar-refractivity contribution in [3.8, 4) is 0 Å².